The van der Waals surface area contributed by atoms with E-state index < -0.39 is 11.4 Å². The quantitative estimate of drug-likeness (QED) is 0.846. The van der Waals surface area contributed by atoms with E-state index in [1.165, 1.54) is 11.3 Å². The standard InChI is InChI=1S/C14H22N2O3S/c1-8(2)14(5,13(18)19)6-11(17)16-10(4)12-15-7-9(3)20-12/h7-8,10H,6H2,1-5H3,(H,16,17)(H,18,19). The molecule has 0 bridgehead atoms. The Morgan fingerprint density at radius 2 is 2.05 bits per heavy atom. The van der Waals surface area contributed by atoms with Crippen LogP contribution in [0.5, 0.6) is 0 Å². The van der Waals surface area contributed by atoms with Gasteiger partial charge >= 0.3 is 5.97 Å². The normalized spacial score (nSPS) is 15.7. The van der Waals surface area contributed by atoms with Gasteiger partial charge in [0.2, 0.25) is 5.91 Å². The van der Waals surface area contributed by atoms with Crippen molar-refractivity contribution in [2.24, 2.45) is 11.3 Å². The molecule has 20 heavy (non-hydrogen) atoms. The van der Waals surface area contributed by atoms with Crippen LogP contribution in [0.15, 0.2) is 6.20 Å². The first-order valence-corrected chi connectivity index (χ1v) is 7.43. The molecule has 1 amide bonds. The van der Waals surface area contributed by atoms with Gasteiger partial charge < -0.3 is 10.4 Å². The van der Waals surface area contributed by atoms with Crippen LogP contribution in [-0.2, 0) is 9.59 Å². The highest BCUT2D eigenvalue weighted by Crippen LogP contribution is 2.31. The maximum Gasteiger partial charge on any atom is 0.310 e. The number of amides is 1. The van der Waals surface area contributed by atoms with Crippen molar-refractivity contribution < 1.29 is 14.7 Å². The number of aryl methyl sites for hydroxylation is 1. The molecule has 1 heterocycles. The van der Waals surface area contributed by atoms with Crippen molar-refractivity contribution in [1.29, 1.82) is 0 Å². The fraction of sp³-hybridized carbons (Fsp3) is 0.643. The predicted octanol–water partition coefficient (Wildman–Crippen LogP) is 2.77. The Hall–Kier alpha value is -1.43. The molecule has 0 aliphatic heterocycles. The number of aliphatic carboxylic acids is 1. The summed E-state index contributed by atoms with van der Waals surface area (Å²) in [5, 5.41) is 13.0. The van der Waals surface area contributed by atoms with Crippen LogP contribution in [0, 0.1) is 18.3 Å². The van der Waals surface area contributed by atoms with Crippen LogP contribution >= 0.6 is 11.3 Å². The Labute approximate surface area is 123 Å². The van der Waals surface area contributed by atoms with Gasteiger partial charge in [-0.2, -0.15) is 0 Å². The summed E-state index contributed by atoms with van der Waals surface area (Å²) < 4.78 is 0. The van der Waals surface area contributed by atoms with Gasteiger partial charge in [0.1, 0.15) is 5.01 Å². The van der Waals surface area contributed by atoms with Crippen LogP contribution < -0.4 is 5.32 Å². The summed E-state index contributed by atoms with van der Waals surface area (Å²) in [6.07, 6.45) is 1.73. The van der Waals surface area contributed by atoms with Gasteiger partial charge in [0.15, 0.2) is 0 Å². The molecule has 112 valence electrons. The Kier molecular flexibility index (Phi) is 5.28. The molecule has 2 N–H and O–H groups in total. The van der Waals surface area contributed by atoms with Crippen molar-refractivity contribution in [1.82, 2.24) is 10.3 Å². The maximum absolute atomic E-state index is 12.1. The van der Waals surface area contributed by atoms with Crippen molar-refractivity contribution in [3.63, 3.8) is 0 Å². The highest BCUT2D eigenvalue weighted by atomic mass is 32.1. The first-order valence-electron chi connectivity index (χ1n) is 6.62. The van der Waals surface area contributed by atoms with E-state index in [9.17, 15) is 14.7 Å². The summed E-state index contributed by atoms with van der Waals surface area (Å²) in [6, 6.07) is -0.202. The minimum absolute atomic E-state index is 0.0330. The third kappa shape index (κ3) is 3.79. The topological polar surface area (TPSA) is 79.3 Å². The number of rotatable bonds is 6. The third-order valence-electron chi connectivity index (χ3n) is 3.68. The average Bonchev–Trinajstić information content (AvgIpc) is 2.75. The van der Waals surface area contributed by atoms with Crippen LogP contribution in [0.3, 0.4) is 0 Å². The van der Waals surface area contributed by atoms with E-state index in [4.69, 9.17) is 0 Å². The molecule has 5 nitrogen and oxygen atoms in total. The first kappa shape index (κ1) is 16.6. The highest BCUT2D eigenvalue weighted by molar-refractivity contribution is 7.11. The summed E-state index contributed by atoms with van der Waals surface area (Å²) in [4.78, 5) is 28.7. The molecule has 0 aromatic carbocycles. The van der Waals surface area contributed by atoms with Crippen molar-refractivity contribution >= 4 is 23.2 Å². The lowest BCUT2D eigenvalue weighted by Crippen LogP contribution is -2.39. The fourth-order valence-electron chi connectivity index (χ4n) is 1.79. The number of carboxylic acids is 1. The van der Waals surface area contributed by atoms with Gasteiger partial charge in [0, 0.05) is 17.5 Å². The third-order valence-corrected chi connectivity index (χ3v) is 4.77. The van der Waals surface area contributed by atoms with Crippen LogP contribution in [0.2, 0.25) is 0 Å². The number of thiazole rings is 1. The molecule has 0 aliphatic carbocycles. The summed E-state index contributed by atoms with van der Waals surface area (Å²) in [5.74, 6) is -1.33. The van der Waals surface area contributed by atoms with Crippen LogP contribution in [0.4, 0.5) is 0 Å². The zero-order chi connectivity index (χ0) is 15.5. The number of carbonyl (C=O) groups is 2. The number of hydrogen-bond donors (Lipinski definition) is 2. The second-order valence-corrected chi connectivity index (χ2v) is 6.92. The van der Waals surface area contributed by atoms with Crippen molar-refractivity contribution in [3.8, 4) is 0 Å². The molecule has 2 unspecified atom stereocenters. The van der Waals surface area contributed by atoms with E-state index >= 15 is 0 Å². The van der Waals surface area contributed by atoms with E-state index in [0.717, 1.165) is 9.88 Å². The minimum Gasteiger partial charge on any atom is -0.481 e. The van der Waals surface area contributed by atoms with Gasteiger partial charge in [0.05, 0.1) is 11.5 Å². The van der Waals surface area contributed by atoms with Gasteiger partial charge in [0.25, 0.3) is 0 Å². The Morgan fingerprint density at radius 1 is 1.45 bits per heavy atom. The summed E-state index contributed by atoms with van der Waals surface area (Å²) >= 11 is 1.53. The lowest BCUT2D eigenvalue weighted by atomic mass is 9.76. The highest BCUT2D eigenvalue weighted by Gasteiger charge is 2.39. The zero-order valence-electron chi connectivity index (χ0n) is 12.6. The molecule has 0 radical (unpaired) electrons. The number of nitrogens with one attached hydrogen (secondary N) is 1. The van der Waals surface area contributed by atoms with Crippen LogP contribution in [-0.4, -0.2) is 22.0 Å². The van der Waals surface area contributed by atoms with Gasteiger partial charge in [-0.05, 0) is 26.7 Å². The smallest absolute Gasteiger partial charge is 0.310 e. The Balaban J connectivity index is 2.69. The lowest BCUT2D eigenvalue weighted by Gasteiger charge is -2.28. The van der Waals surface area contributed by atoms with E-state index in [-0.39, 0.29) is 24.3 Å². The zero-order valence-corrected chi connectivity index (χ0v) is 13.4. The van der Waals surface area contributed by atoms with Gasteiger partial charge in [-0.3, -0.25) is 9.59 Å². The van der Waals surface area contributed by atoms with Gasteiger partial charge in [-0.15, -0.1) is 11.3 Å². The summed E-state index contributed by atoms with van der Waals surface area (Å²) in [7, 11) is 0. The largest absolute Gasteiger partial charge is 0.481 e. The molecule has 0 saturated carbocycles. The van der Waals surface area contributed by atoms with E-state index in [1.54, 1.807) is 13.1 Å². The van der Waals surface area contributed by atoms with Gasteiger partial charge in [-0.1, -0.05) is 13.8 Å². The number of nitrogens with zero attached hydrogens (tertiary/aromatic N) is 1. The molecule has 2 atom stereocenters. The monoisotopic (exact) mass is 298 g/mol. The van der Waals surface area contributed by atoms with E-state index in [1.807, 2.05) is 27.7 Å². The maximum atomic E-state index is 12.1. The number of carbonyl (C=O) groups excluding carboxylic acids is 1. The Morgan fingerprint density at radius 3 is 2.45 bits per heavy atom. The fourth-order valence-corrected chi connectivity index (χ4v) is 2.56. The van der Waals surface area contributed by atoms with Crippen molar-refractivity contribution in [2.45, 2.75) is 47.1 Å². The van der Waals surface area contributed by atoms with Crippen molar-refractivity contribution in [2.75, 3.05) is 0 Å². The second kappa shape index (κ2) is 6.35. The number of carboxylic acid groups (broad SMARTS) is 1. The Bertz CT molecular complexity index is 498. The lowest BCUT2D eigenvalue weighted by molar-refractivity contribution is -0.153. The molecular formula is C14H22N2O3S. The number of hydrogen-bond acceptors (Lipinski definition) is 4. The van der Waals surface area contributed by atoms with E-state index in [0.29, 0.717) is 0 Å². The van der Waals surface area contributed by atoms with Gasteiger partial charge in [-0.25, -0.2) is 4.98 Å². The summed E-state index contributed by atoms with van der Waals surface area (Å²) in [6.45, 7) is 9.04. The molecule has 1 aromatic rings. The molecule has 1 aromatic heterocycles. The van der Waals surface area contributed by atoms with Crippen molar-refractivity contribution in [3.05, 3.63) is 16.1 Å². The minimum atomic E-state index is -1.05. The van der Waals surface area contributed by atoms with Crippen LogP contribution in [0.1, 0.15) is 50.0 Å². The predicted molar refractivity (Wildman–Crippen MR) is 78.6 cm³/mol. The second-order valence-electron chi connectivity index (χ2n) is 5.65. The molecule has 6 heteroatoms. The SMILES string of the molecule is Cc1cnc(C(C)NC(=O)CC(C)(C(=O)O)C(C)C)s1. The molecule has 0 saturated heterocycles. The molecule has 0 aliphatic rings. The molecule has 0 fully saturated rings. The number of aromatic nitrogens is 1. The molecular weight excluding hydrogens is 276 g/mol. The van der Waals surface area contributed by atoms with Crippen LogP contribution in [0.25, 0.3) is 0 Å². The molecule has 1 rings (SSSR count). The summed E-state index contributed by atoms with van der Waals surface area (Å²) in [5.41, 5.74) is -1.05. The first-order chi connectivity index (χ1) is 9.16. The average molecular weight is 298 g/mol. The van der Waals surface area contributed by atoms with E-state index in [2.05, 4.69) is 10.3 Å². The molecule has 0 spiro atoms.